The van der Waals surface area contributed by atoms with Gasteiger partial charge in [-0.2, -0.15) is 13.2 Å². The summed E-state index contributed by atoms with van der Waals surface area (Å²) >= 11 is -0.0525. The molecule has 2 heterocycles. The van der Waals surface area contributed by atoms with E-state index in [4.69, 9.17) is 0 Å². The number of rotatable bonds is 3. The number of hydrogen-bond acceptors (Lipinski definition) is 2. The van der Waals surface area contributed by atoms with Crippen molar-refractivity contribution < 1.29 is 13.2 Å². The molecule has 2 rings (SSSR count). The van der Waals surface area contributed by atoms with Crippen LogP contribution in [0.15, 0.2) is 23.5 Å². The third kappa shape index (κ3) is 2.95. The normalized spacial score (nSPS) is 12.8. The number of halogens is 3. The van der Waals surface area contributed by atoms with Gasteiger partial charge in [-0.15, -0.1) is 0 Å². The lowest BCUT2D eigenvalue weighted by Gasteiger charge is -2.11. The predicted octanol–water partition coefficient (Wildman–Crippen LogP) is 5.19. The minimum atomic E-state index is -4.29. The summed E-state index contributed by atoms with van der Waals surface area (Å²) in [6.07, 6.45) is 3.16. The largest absolute Gasteiger partial charge is 0.447 e. The molecule has 20 heavy (non-hydrogen) atoms. The lowest BCUT2D eigenvalue weighted by Crippen LogP contribution is -2.04. The molecule has 0 aromatic carbocycles. The summed E-state index contributed by atoms with van der Waals surface area (Å²) in [5.41, 5.74) is -2.00. The molecular weight excluding hydrogens is 285 g/mol. The molecule has 110 valence electrons. The van der Waals surface area contributed by atoms with Crippen LogP contribution >= 0.6 is 11.8 Å². The molecule has 6 heteroatoms. The van der Waals surface area contributed by atoms with Crippen molar-refractivity contribution in [1.29, 1.82) is 0 Å². The Morgan fingerprint density at radius 2 is 1.80 bits per heavy atom. The molecule has 0 aliphatic heterocycles. The Morgan fingerprint density at radius 1 is 1.15 bits per heavy atom. The Kier molecular flexibility index (Phi) is 4.04. The molecule has 0 fully saturated rings. The summed E-state index contributed by atoms with van der Waals surface area (Å²) in [7, 11) is 0. The quantitative estimate of drug-likeness (QED) is 0.726. The molecule has 0 radical (unpaired) electrons. The average molecular weight is 302 g/mol. The smallest absolute Gasteiger partial charge is 0.308 e. The van der Waals surface area contributed by atoms with E-state index < -0.39 is 5.51 Å². The zero-order chi connectivity index (χ0) is 15.1. The van der Waals surface area contributed by atoms with Gasteiger partial charge in [0, 0.05) is 24.2 Å². The maximum absolute atomic E-state index is 12.8. The highest BCUT2D eigenvalue weighted by molar-refractivity contribution is 8.00. The maximum Gasteiger partial charge on any atom is 0.447 e. The van der Waals surface area contributed by atoms with E-state index >= 15 is 0 Å². The first-order valence-corrected chi connectivity index (χ1v) is 7.28. The van der Waals surface area contributed by atoms with Crippen molar-refractivity contribution in [1.82, 2.24) is 9.38 Å². The van der Waals surface area contributed by atoms with E-state index in [1.165, 1.54) is 0 Å². The van der Waals surface area contributed by atoms with E-state index in [0.29, 0.717) is 5.56 Å². The summed E-state index contributed by atoms with van der Waals surface area (Å²) in [5, 5.41) is 0.242. The zero-order valence-corrected chi connectivity index (χ0v) is 12.6. The van der Waals surface area contributed by atoms with E-state index in [-0.39, 0.29) is 28.6 Å². The van der Waals surface area contributed by atoms with Crippen molar-refractivity contribution in [3.8, 4) is 0 Å². The van der Waals surface area contributed by atoms with Gasteiger partial charge < -0.3 is 4.40 Å². The molecule has 2 nitrogen and oxygen atoms in total. The topological polar surface area (TPSA) is 17.3 Å². The second kappa shape index (κ2) is 5.31. The number of aromatic nitrogens is 2. The van der Waals surface area contributed by atoms with Crippen LogP contribution in [0.3, 0.4) is 0 Å². The lowest BCUT2D eigenvalue weighted by atomic mass is 10.1. The standard InChI is InChI=1S/C14H17F3N2S/c1-8(2)10-7-11-12(9(3)4)18-5-6-19(11)13(10)20-14(15,16)17/h5-9H,1-4H3. The van der Waals surface area contributed by atoms with Gasteiger partial charge in [-0.05, 0) is 23.5 Å². The molecule has 2 aromatic heterocycles. The molecule has 0 N–H and O–H groups in total. The van der Waals surface area contributed by atoms with Gasteiger partial charge in [-0.3, -0.25) is 4.98 Å². The van der Waals surface area contributed by atoms with E-state index in [1.807, 2.05) is 33.8 Å². The van der Waals surface area contributed by atoms with Gasteiger partial charge in [0.05, 0.1) is 16.2 Å². The molecular formula is C14H17F3N2S. The molecule has 0 saturated heterocycles. The fraction of sp³-hybridized carbons (Fsp3) is 0.500. The highest BCUT2D eigenvalue weighted by Gasteiger charge is 2.33. The Bertz CT molecular complexity index is 615. The summed E-state index contributed by atoms with van der Waals surface area (Å²) in [4.78, 5) is 4.31. The minimum Gasteiger partial charge on any atom is -0.308 e. The van der Waals surface area contributed by atoms with E-state index in [2.05, 4.69) is 4.98 Å². The average Bonchev–Trinajstić information content (AvgIpc) is 2.65. The number of fused-ring (bicyclic) bond motifs is 1. The Balaban J connectivity index is 2.70. The number of hydrogen-bond donors (Lipinski definition) is 0. The molecule has 0 unspecified atom stereocenters. The van der Waals surface area contributed by atoms with Crippen molar-refractivity contribution in [3.05, 3.63) is 29.7 Å². The minimum absolute atomic E-state index is 0.0276. The van der Waals surface area contributed by atoms with Crippen molar-refractivity contribution in [3.63, 3.8) is 0 Å². The Hall–Kier alpha value is -1.17. The predicted molar refractivity (Wildman–Crippen MR) is 75.3 cm³/mol. The first kappa shape index (κ1) is 15.2. The third-order valence-corrected chi connectivity index (χ3v) is 3.95. The highest BCUT2D eigenvalue weighted by atomic mass is 32.2. The van der Waals surface area contributed by atoms with Crippen molar-refractivity contribution in [2.45, 2.75) is 50.1 Å². The summed E-state index contributed by atoms with van der Waals surface area (Å²) < 4.78 is 40.0. The van der Waals surface area contributed by atoms with E-state index in [1.54, 1.807) is 16.8 Å². The van der Waals surface area contributed by atoms with Gasteiger partial charge in [-0.1, -0.05) is 27.7 Å². The zero-order valence-electron chi connectivity index (χ0n) is 11.8. The fourth-order valence-corrected chi connectivity index (χ4v) is 3.08. The molecule has 0 spiro atoms. The summed E-state index contributed by atoms with van der Waals surface area (Å²) in [6.45, 7) is 7.78. The number of nitrogens with zero attached hydrogens (tertiary/aromatic N) is 2. The molecule has 0 atom stereocenters. The summed E-state index contributed by atoms with van der Waals surface area (Å²) in [6, 6.07) is 1.83. The van der Waals surface area contributed by atoms with Crippen molar-refractivity contribution in [2.24, 2.45) is 0 Å². The van der Waals surface area contributed by atoms with Gasteiger partial charge in [0.25, 0.3) is 0 Å². The van der Waals surface area contributed by atoms with Crippen LogP contribution in [0.25, 0.3) is 5.52 Å². The second-order valence-corrected chi connectivity index (χ2v) is 6.38. The number of alkyl halides is 3. The van der Waals surface area contributed by atoms with Gasteiger partial charge in [0.15, 0.2) is 0 Å². The van der Waals surface area contributed by atoms with Crippen LogP contribution in [0.4, 0.5) is 13.2 Å². The monoisotopic (exact) mass is 302 g/mol. The molecule has 0 amide bonds. The van der Waals surface area contributed by atoms with Gasteiger partial charge in [-0.25, -0.2) is 0 Å². The van der Waals surface area contributed by atoms with E-state index in [0.717, 1.165) is 11.2 Å². The highest BCUT2D eigenvalue weighted by Crippen LogP contribution is 2.42. The lowest BCUT2D eigenvalue weighted by molar-refractivity contribution is -0.0330. The molecule has 2 aromatic rings. The van der Waals surface area contributed by atoms with Crippen molar-refractivity contribution in [2.75, 3.05) is 0 Å². The first-order valence-electron chi connectivity index (χ1n) is 6.46. The van der Waals surface area contributed by atoms with Crippen LogP contribution in [0.1, 0.15) is 50.8 Å². The third-order valence-electron chi connectivity index (χ3n) is 3.09. The SMILES string of the molecule is CC(C)c1cc2c(C(C)C)nccn2c1SC(F)(F)F. The molecule has 0 aliphatic carbocycles. The van der Waals surface area contributed by atoms with E-state index in [9.17, 15) is 13.2 Å². The van der Waals surface area contributed by atoms with Crippen LogP contribution in [-0.2, 0) is 0 Å². The molecule has 0 bridgehead atoms. The molecule has 0 aliphatic rings. The van der Waals surface area contributed by atoms with Crippen LogP contribution in [0, 0.1) is 0 Å². The van der Waals surface area contributed by atoms with Crippen molar-refractivity contribution >= 4 is 17.3 Å². The van der Waals surface area contributed by atoms with Gasteiger partial charge >= 0.3 is 5.51 Å². The summed E-state index contributed by atoms with van der Waals surface area (Å²) in [5.74, 6) is 0.192. The molecule has 0 saturated carbocycles. The van der Waals surface area contributed by atoms with Gasteiger partial charge in [0.1, 0.15) is 0 Å². The van der Waals surface area contributed by atoms with Crippen LogP contribution in [0.2, 0.25) is 0 Å². The van der Waals surface area contributed by atoms with Crippen LogP contribution < -0.4 is 0 Å². The Labute approximate surface area is 120 Å². The first-order chi connectivity index (χ1) is 9.20. The fourth-order valence-electron chi connectivity index (χ4n) is 2.20. The Morgan fingerprint density at radius 3 is 2.30 bits per heavy atom. The van der Waals surface area contributed by atoms with Gasteiger partial charge in [0.2, 0.25) is 0 Å². The maximum atomic E-state index is 12.8. The van der Waals surface area contributed by atoms with Crippen LogP contribution in [-0.4, -0.2) is 14.9 Å². The second-order valence-electron chi connectivity index (χ2n) is 5.33. The van der Waals surface area contributed by atoms with Crippen LogP contribution in [0.5, 0.6) is 0 Å². The number of thioether (sulfide) groups is 1.